The summed E-state index contributed by atoms with van der Waals surface area (Å²) in [7, 11) is -3.89. The van der Waals surface area contributed by atoms with Crippen molar-refractivity contribution in [2.75, 3.05) is 10.5 Å². The molecule has 0 fully saturated rings. The summed E-state index contributed by atoms with van der Waals surface area (Å²) >= 11 is 15.0. The summed E-state index contributed by atoms with van der Waals surface area (Å²) < 4.78 is 27.7. The minimum atomic E-state index is -3.89. The Morgan fingerprint density at radius 2 is 2.00 bits per heavy atom. The van der Waals surface area contributed by atoms with Gasteiger partial charge in [-0.3, -0.25) is 4.72 Å². The lowest BCUT2D eigenvalue weighted by Gasteiger charge is -2.12. The molecule has 5 nitrogen and oxygen atoms in total. The van der Waals surface area contributed by atoms with Crippen LogP contribution in [0.25, 0.3) is 0 Å². The molecule has 0 atom stereocenters. The summed E-state index contributed by atoms with van der Waals surface area (Å²) in [4.78, 5) is 3.87. The normalized spacial score (nSPS) is 11.4. The first kappa shape index (κ1) is 16.4. The van der Waals surface area contributed by atoms with E-state index < -0.39 is 10.0 Å². The standard InChI is InChI=1S/C12H10BrCl2N3O2S/c1-6-4-7(5-17-12(6)13)18-21(19,20)9-3-2-8(14)11(16)10(9)15/h2-5,18H,16H2,1H3. The molecule has 0 aliphatic carbocycles. The van der Waals surface area contributed by atoms with Gasteiger partial charge in [0.05, 0.1) is 27.6 Å². The number of hydrogen-bond donors (Lipinski definition) is 2. The molecule has 9 heteroatoms. The van der Waals surface area contributed by atoms with Gasteiger partial charge in [0.1, 0.15) is 9.50 Å². The van der Waals surface area contributed by atoms with Crippen LogP contribution in [0, 0.1) is 6.92 Å². The van der Waals surface area contributed by atoms with Gasteiger partial charge in [0.15, 0.2) is 0 Å². The van der Waals surface area contributed by atoms with Gasteiger partial charge in [-0.1, -0.05) is 23.2 Å². The number of nitrogens with one attached hydrogen (secondary N) is 1. The SMILES string of the molecule is Cc1cc(NS(=O)(=O)c2ccc(Cl)c(N)c2Cl)cnc1Br. The van der Waals surface area contributed by atoms with Gasteiger partial charge < -0.3 is 5.73 Å². The molecule has 0 bridgehead atoms. The van der Waals surface area contributed by atoms with E-state index in [1.807, 2.05) is 0 Å². The zero-order valence-corrected chi connectivity index (χ0v) is 14.6. The highest BCUT2D eigenvalue weighted by atomic mass is 79.9. The third-order valence-corrected chi connectivity index (χ3v) is 5.75. The van der Waals surface area contributed by atoms with Crippen molar-refractivity contribution in [1.82, 2.24) is 4.98 Å². The van der Waals surface area contributed by atoms with Gasteiger partial charge in [-0.25, -0.2) is 13.4 Å². The fraction of sp³-hybridized carbons (Fsp3) is 0.0833. The lowest BCUT2D eigenvalue weighted by Crippen LogP contribution is -2.14. The molecule has 0 spiro atoms. The molecule has 0 saturated carbocycles. The highest BCUT2D eigenvalue weighted by Crippen LogP contribution is 2.34. The Labute approximate surface area is 140 Å². The molecule has 0 unspecified atom stereocenters. The lowest BCUT2D eigenvalue weighted by molar-refractivity contribution is 0.601. The zero-order valence-electron chi connectivity index (χ0n) is 10.7. The largest absolute Gasteiger partial charge is 0.396 e. The van der Waals surface area contributed by atoms with Crippen LogP contribution in [0.3, 0.4) is 0 Å². The predicted molar refractivity (Wildman–Crippen MR) is 88.4 cm³/mol. The molecule has 1 heterocycles. The number of nitrogen functional groups attached to an aromatic ring is 1. The highest BCUT2D eigenvalue weighted by molar-refractivity contribution is 9.10. The number of aromatic nitrogens is 1. The van der Waals surface area contributed by atoms with Crippen LogP contribution in [-0.2, 0) is 10.0 Å². The van der Waals surface area contributed by atoms with Crippen LogP contribution in [0.2, 0.25) is 10.0 Å². The van der Waals surface area contributed by atoms with Crippen molar-refractivity contribution in [3.63, 3.8) is 0 Å². The Kier molecular flexibility index (Phi) is 4.67. The van der Waals surface area contributed by atoms with Crippen molar-refractivity contribution in [1.29, 1.82) is 0 Å². The van der Waals surface area contributed by atoms with Crippen molar-refractivity contribution < 1.29 is 8.42 Å². The van der Waals surface area contributed by atoms with Crippen LogP contribution < -0.4 is 10.5 Å². The van der Waals surface area contributed by atoms with Crippen molar-refractivity contribution in [3.05, 3.63) is 44.6 Å². The summed E-state index contributed by atoms with van der Waals surface area (Å²) in [6.45, 7) is 1.79. The van der Waals surface area contributed by atoms with Crippen LogP contribution in [0.4, 0.5) is 11.4 Å². The molecular formula is C12H10BrCl2N3O2S. The first-order valence-corrected chi connectivity index (χ1v) is 8.64. The van der Waals surface area contributed by atoms with E-state index in [0.717, 1.165) is 5.56 Å². The van der Waals surface area contributed by atoms with Gasteiger partial charge in [0.25, 0.3) is 10.0 Å². The van der Waals surface area contributed by atoms with E-state index in [2.05, 4.69) is 25.6 Å². The molecule has 0 saturated heterocycles. The summed E-state index contributed by atoms with van der Waals surface area (Å²) in [5.74, 6) is 0. The van der Waals surface area contributed by atoms with Crippen LogP contribution in [0.5, 0.6) is 0 Å². The minimum absolute atomic E-state index is 0.0197. The van der Waals surface area contributed by atoms with Crippen LogP contribution >= 0.6 is 39.1 Å². The molecule has 112 valence electrons. The van der Waals surface area contributed by atoms with E-state index in [-0.39, 0.29) is 20.6 Å². The molecular weight excluding hydrogens is 401 g/mol. The molecule has 3 N–H and O–H groups in total. The van der Waals surface area contributed by atoms with E-state index >= 15 is 0 Å². The van der Waals surface area contributed by atoms with Crippen molar-refractivity contribution in [2.24, 2.45) is 0 Å². The number of halogens is 3. The van der Waals surface area contributed by atoms with E-state index in [4.69, 9.17) is 28.9 Å². The first-order chi connectivity index (χ1) is 9.72. The molecule has 1 aromatic carbocycles. The average molecular weight is 411 g/mol. The molecule has 0 radical (unpaired) electrons. The van der Waals surface area contributed by atoms with Gasteiger partial charge in [0.2, 0.25) is 0 Å². The van der Waals surface area contributed by atoms with Gasteiger partial charge in [-0.2, -0.15) is 0 Å². The van der Waals surface area contributed by atoms with Gasteiger partial charge in [-0.05, 0) is 46.6 Å². The second-order valence-electron chi connectivity index (χ2n) is 4.21. The number of rotatable bonds is 3. The first-order valence-electron chi connectivity index (χ1n) is 5.61. The minimum Gasteiger partial charge on any atom is -0.396 e. The number of anilines is 2. The quantitative estimate of drug-likeness (QED) is 0.594. The number of hydrogen-bond acceptors (Lipinski definition) is 4. The maximum atomic E-state index is 12.3. The zero-order chi connectivity index (χ0) is 15.8. The summed E-state index contributed by atoms with van der Waals surface area (Å²) in [6.07, 6.45) is 1.39. The van der Waals surface area contributed by atoms with E-state index in [0.29, 0.717) is 10.3 Å². The Bertz CT molecular complexity index is 812. The van der Waals surface area contributed by atoms with Gasteiger partial charge in [0, 0.05) is 0 Å². The molecule has 2 rings (SSSR count). The smallest absolute Gasteiger partial charge is 0.263 e. The fourth-order valence-electron chi connectivity index (χ4n) is 1.58. The van der Waals surface area contributed by atoms with Gasteiger partial charge in [-0.15, -0.1) is 0 Å². The van der Waals surface area contributed by atoms with E-state index in [1.165, 1.54) is 18.3 Å². The van der Waals surface area contributed by atoms with E-state index in [9.17, 15) is 8.42 Å². The predicted octanol–water partition coefficient (Wildman–Crippen LogP) is 3.84. The monoisotopic (exact) mass is 409 g/mol. The highest BCUT2D eigenvalue weighted by Gasteiger charge is 2.21. The number of nitrogens with two attached hydrogens (primary N) is 1. The van der Waals surface area contributed by atoms with Crippen molar-refractivity contribution in [3.8, 4) is 0 Å². The Hall–Kier alpha value is -1.02. The molecule has 0 aliphatic rings. The number of sulfonamides is 1. The number of aryl methyl sites for hydroxylation is 1. The van der Waals surface area contributed by atoms with Crippen LogP contribution in [0.1, 0.15) is 5.56 Å². The van der Waals surface area contributed by atoms with Crippen molar-refractivity contribution >= 4 is 60.5 Å². The lowest BCUT2D eigenvalue weighted by atomic mass is 10.3. The second-order valence-corrected chi connectivity index (χ2v) is 7.40. The van der Waals surface area contributed by atoms with E-state index in [1.54, 1.807) is 13.0 Å². The summed E-state index contributed by atoms with van der Waals surface area (Å²) in [6, 6.07) is 4.31. The Morgan fingerprint density at radius 3 is 2.62 bits per heavy atom. The van der Waals surface area contributed by atoms with Gasteiger partial charge >= 0.3 is 0 Å². The third kappa shape index (κ3) is 3.42. The molecule has 21 heavy (non-hydrogen) atoms. The third-order valence-electron chi connectivity index (χ3n) is 2.65. The molecule has 1 aromatic heterocycles. The second kappa shape index (κ2) is 6.00. The number of nitrogens with zero attached hydrogens (tertiary/aromatic N) is 1. The van der Waals surface area contributed by atoms with Crippen molar-refractivity contribution in [2.45, 2.75) is 11.8 Å². The van der Waals surface area contributed by atoms with Crippen LogP contribution in [0.15, 0.2) is 33.9 Å². The Balaban J connectivity index is 2.43. The Morgan fingerprint density at radius 1 is 1.33 bits per heavy atom. The topological polar surface area (TPSA) is 85.1 Å². The average Bonchev–Trinajstić information content (AvgIpc) is 2.39. The fourth-order valence-corrected chi connectivity index (χ4v) is 3.60. The maximum Gasteiger partial charge on any atom is 0.263 e. The maximum absolute atomic E-state index is 12.3. The summed E-state index contributed by atoms with van der Waals surface area (Å²) in [5.41, 5.74) is 6.77. The molecule has 0 amide bonds. The number of benzene rings is 1. The number of pyridine rings is 1. The molecule has 0 aliphatic heterocycles. The molecule has 2 aromatic rings. The summed E-state index contributed by atoms with van der Waals surface area (Å²) in [5, 5.41) is 0.0805. The van der Waals surface area contributed by atoms with Crippen LogP contribution in [-0.4, -0.2) is 13.4 Å².